The van der Waals surface area contributed by atoms with Crippen molar-refractivity contribution in [2.45, 2.75) is 37.7 Å². The van der Waals surface area contributed by atoms with Crippen molar-refractivity contribution in [2.24, 2.45) is 5.92 Å². The molecule has 134 valence electrons. The number of nitrogens with zero attached hydrogens (tertiary/aromatic N) is 5. The van der Waals surface area contributed by atoms with Crippen LogP contribution in [0.3, 0.4) is 0 Å². The van der Waals surface area contributed by atoms with Crippen LogP contribution in [0, 0.1) is 5.92 Å². The van der Waals surface area contributed by atoms with Crippen LogP contribution < -0.4 is 0 Å². The molecular formula is C16H21N5O2S2. The maximum atomic E-state index is 12.8. The molecule has 2 bridgehead atoms. The second kappa shape index (κ2) is 7.43. The maximum absolute atomic E-state index is 12.8. The highest BCUT2D eigenvalue weighted by Gasteiger charge is 2.41. The quantitative estimate of drug-likeness (QED) is 0.760. The Bertz CT molecular complexity index is 720. The van der Waals surface area contributed by atoms with Crippen LogP contribution in [0.4, 0.5) is 0 Å². The van der Waals surface area contributed by atoms with Gasteiger partial charge in [0.2, 0.25) is 11.8 Å². The highest BCUT2D eigenvalue weighted by atomic mass is 32.2. The third kappa shape index (κ3) is 3.73. The van der Waals surface area contributed by atoms with Gasteiger partial charge >= 0.3 is 0 Å². The van der Waals surface area contributed by atoms with Gasteiger partial charge < -0.3 is 9.42 Å². The predicted molar refractivity (Wildman–Crippen MR) is 96.0 cm³/mol. The highest BCUT2D eigenvalue weighted by molar-refractivity contribution is 7.97. The van der Waals surface area contributed by atoms with Gasteiger partial charge in [0.25, 0.3) is 0 Å². The molecule has 0 radical (unpaired) electrons. The first-order chi connectivity index (χ1) is 12.2. The van der Waals surface area contributed by atoms with E-state index in [-0.39, 0.29) is 17.9 Å². The smallest absolute Gasteiger partial charge is 0.240 e. The lowest BCUT2D eigenvalue weighted by atomic mass is 9.94. The number of thiazole rings is 1. The van der Waals surface area contributed by atoms with Crippen molar-refractivity contribution in [1.29, 1.82) is 0 Å². The van der Waals surface area contributed by atoms with Gasteiger partial charge in [-0.05, 0) is 19.1 Å². The van der Waals surface area contributed by atoms with Crippen LogP contribution in [0.1, 0.15) is 30.3 Å². The van der Waals surface area contributed by atoms with Gasteiger partial charge in [0, 0.05) is 24.5 Å². The molecule has 0 spiro atoms. The van der Waals surface area contributed by atoms with Crippen molar-refractivity contribution < 1.29 is 9.32 Å². The number of hydrogen-bond acceptors (Lipinski definition) is 8. The third-order valence-corrected chi connectivity index (χ3v) is 6.01. The molecule has 3 aliphatic rings. The van der Waals surface area contributed by atoms with Gasteiger partial charge in [0.15, 0.2) is 5.82 Å². The molecule has 5 rings (SSSR count). The summed E-state index contributed by atoms with van der Waals surface area (Å²) in [6, 6.07) is 0.238. The Labute approximate surface area is 154 Å². The molecule has 9 heteroatoms. The Kier molecular flexibility index (Phi) is 5.05. The van der Waals surface area contributed by atoms with E-state index in [2.05, 4.69) is 20.0 Å². The van der Waals surface area contributed by atoms with Crippen molar-refractivity contribution in [3.8, 4) is 0 Å². The van der Waals surface area contributed by atoms with E-state index in [1.165, 1.54) is 0 Å². The van der Waals surface area contributed by atoms with Gasteiger partial charge in [-0.25, -0.2) is 4.98 Å². The lowest BCUT2D eigenvalue weighted by molar-refractivity contribution is -0.140. The molecule has 3 fully saturated rings. The summed E-state index contributed by atoms with van der Waals surface area (Å²) >= 11 is 3.25. The number of carbonyl (C=O) groups excluding carboxylic acids is 1. The summed E-state index contributed by atoms with van der Waals surface area (Å²) in [6.07, 6.45) is 4.04. The van der Waals surface area contributed by atoms with E-state index in [1.807, 2.05) is 22.0 Å². The van der Waals surface area contributed by atoms with Crippen LogP contribution in [-0.2, 0) is 23.6 Å². The monoisotopic (exact) mass is 379 g/mol. The lowest BCUT2D eigenvalue weighted by Gasteiger charge is -2.35. The number of thioether (sulfide) groups is 1. The van der Waals surface area contributed by atoms with Crippen LogP contribution in [0.15, 0.2) is 15.4 Å². The van der Waals surface area contributed by atoms with Crippen LogP contribution in [-0.4, -0.2) is 56.2 Å². The molecule has 2 aromatic rings. The highest BCUT2D eigenvalue weighted by Crippen LogP contribution is 2.31. The molecule has 0 aliphatic carbocycles. The largest absolute Gasteiger partial charge is 0.338 e. The Hall–Kier alpha value is -1.45. The molecule has 2 atom stereocenters. The van der Waals surface area contributed by atoms with E-state index in [9.17, 15) is 4.79 Å². The summed E-state index contributed by atoms with van der Waals surface area (Å²) in [4.78, 5) is 25.9. The predicted octanol–water partition coefficient (Wildman–Crippen LogP) is 2.01. The zero-order valence-electron chi connectivity index (χ0n) is 14.1. The van der Waals surface area contributed by atoms with Gasteiger partial charge in [0.05, 0.1) is 36.0 Å². The number of fused-ring (bicyclic) bond motifs is 4. The summed E-state index contributed by atoms with van der Waals surface area (Å²) in [7, 11) is 0. The van der Waals surface area contributed by atoms with Crippen LogP contribution >= 0.6 is 23.1 Å². The minimum absolute atomic E-state index is 0.0611. The fourth-order valence-corrected chi connectivity index (χ4v) is 4.62. The number of piperidine rings is 1. The normalized spacial score (nSPS) is 24.0. The van der Waals surface area contributed by atoms with Crippen LogP contribution in [0.2, 0.25) is 0 Å². The van der Waals surface area contributed by atoms with E-state index in [4.69, 9.17) is 4.52 Å². The number of aromatic nitrogens is 3. The molecule has 0 N–H and O–H groups in total. The van der Waals surface area contributed by atoms with Crippen molar-refractivity contribution in [1.82, 2.24) is 24.9 Å². The van der Waals surface area contributed by atoms with Crippen molar-refractivity contribution in [3.05, 3.63) is 28.3 Å². The molecule has 2 aromatic heterocycles. The molecule has 3 saturated heterocycles. The standard InChI is InChI=1S/C16H21N5O2S2/c1-24-9-14-18-15(23-19-14)7-20-4-11-2-3-13(6-20)21(16(11)22)5-12-8-25-10-17-12/h8,10-11,13H,2-7,9H2,1H3/t11-,13+/m0/s1. The first kappa shape index (κ1) is 17.0. The van der Waals surface area contributed by atoms with Gasteiger partial charge in [-0.1, -0.05) is 5.16 Å². The molecule has 25 heavy (non-hydrogen) atoms. The second-order valence-electron chi connectivity index (χ2n) is 6.61. The Balaban J connectivity index is 1.45. The molecule has 1 amide bonds. The van der Waals surface area contributed by atoms with E-state index in [1.54, 1.807) is 23.1 Å². The minimum atomic E-state index is 0.0611. The third-order valence-electron chi connectivity index (χ3n) is 4.83. The molecule has 5 heterocycles. The topological polar surface area (TPSA) is 75.4 Å². The molecule has 0 aromatic carbocycles. The molecule has 3 aliphatic heterocycles. The summed E-state index contributed by atoms with van der Waals surface area (Å²) < 4.78 is 5.37. The number of hydrogen-bond donors (Lipinski definition) is 0. The minimum Gasteiger partial charge on any atom is -0.338 e. The Morgan fingerprint density at radius 2 is 2.28 bits per heavy atom. The fraction of sp³-hybridized carbons (Fsp3) is 0.625. The van der Waals surface area contributed by atoms with Crippen LogP contribution in [0.25, 0.3) is 0 Å². The fourth-order valence-electron chi connectivity index (χ4n) is 3.69. The summed E-state index contributed by atoms with van der Waals surface area (Å²) in [5.41, 5.74) is 2.81. The van der Waals surface area contributed by atoms with E-state index >= 15 is 0 Å². The van der Waals surface area contributed by atoms with Crippen molar-refractivity contribution in [3.63, 3.8) is 0 Å². The van der Waals surface area contributed by atoms with E-state index in [0.29, 0.717) is 19.0 Å². The summed E-state index contributed by atoms with van der Waals surface area (Å²) in [5, 5.41) is 6.03. The maximum Gasteiger partial charge on any atom is 0.240 e. The van der Waals surface area contributed by atoms with E-state index in [0.717, 1.165) is 43.2 Å². The zero-order valence-corrected chi connectivity index (χ0v) is 15.8. The van der Waals surface area contributed by atoms with Crippen molar-refractivity contribution in [2.75, 3.05) is 19.3 Å². The zero-order chi connectivity index (χ0) is 17.2. The van der Waals surface area contributed by atoms with Crippen molar-refractivity contribution >= 4 is 29.0 Å². The first-order valence-electron chi connectivity index (χ1n) is 8.43. The van der Waals surface area contributed by atoms with Gasteiger partial charge in [-0.3, -0.25) is 9.69 Å². The second-order valence-corrected chi connectivity index (χ2v) is 8.19. The SMILES string of the molecule is CSCc1noc(CN2C[C@@H]3CC[C@H](C2)N(Cc2cscn2)C3=O)n1. The molecule has 0 unspecified atom stereocenters. The summed E-state index contributed by atoms with van der Waals surface area (Å²) in [5.74, 6) is 2.46. The number of carbonyl (C=O) groups is 1. The Morgan fingerprint density at radius 1 is 1.36 bits per heavy atom. The van der Waals surface area contributed by atoms with Crippen LogP contribution in [0.5, 0.6) is 0 Å². The average molecular weight is 380 g/mol. The average Bonchev–Trinajstić information content (AvgIpc) is 3.19. The number of rotatable bonds is 6. The van der Waals surface area contributed by atoms with Gasteiger partial charge in [-0.2, -0.15) is 16.7 Å². The first-order valence-corrected chi connectivity index (χ1v) is 10.8. The van der Waals surface area contributed by atoms with Gasteiger partial charge in [0.1, 0.15) is 0 Å². The lowest BCUT2D eigenvalue weighted by Crippen LogP contribution is -2.47. The molecule has 7 nitrogen and oxygen atoms in total. The molecule has 0 saturated carbocycles. The van der Waals surface area contributed by atoms with Gasteiger partial charge in [-0.15, -0.1) is 11.3 Å². The number of amides is 1. The van der Waals surface area contributed by atoms with E-state index < -0.39 is 0 Å². The molecular weight excluding hydrogens is 358 g/mol. The Morgan fingerprint density at radius 3 is 3.08 bits per heavy atom. The summed E-state index contributed by atoms with van der Waals surface area (Å²) in [6.45, 7) is 2.86.